The molecule has 1 saturated heterocycles. The Kier molecular flexibility index (Phi) is 7.53. The fourth-order valence-corrected chi connectivity index (χ4v) is 7.80. The Morgan fingerprint density at radius 3 is 2.26 bits per heavy atom. The Hall–Kier alpha value is -2.44. The SMILES string of the molecule is CC(O)c1ccc(N2CCN(S(=O)(=O)c3cccs3)CC2CN(c2ccccc2)S(C)(=O)=O)cc1. The second-order valence-corrected chi connectivity index (χ2v) is 13.6. The monoisotopic (exact) mass is 535 g/mol. The number of anilines is 2. The van der Waals surface area contributed by atoms with Gasteiger partial charge in [-0.25, -0.2) is 16.8 Å². The number of nitrogens with zero attached hydrogens (tertiary/aromatic N) is 3. The maximum atomic E-state index is 13.3. The summed E-state index contributed by atoms with van der Waals surface area (Å²) in [6.45, 7) is 2.58. The molecule has 0 radical (unpaired) electrons. The van der Waals surface area contributed by atoms with Crippen molar-refractivity contribution in [3.05, 3.63) is 77.7 Å². The zero-order valence-electron chi connectivity index (χ0n) is 19.6. The van der Waals surface area contributed by atoms with Crippen LogP contribution in [0, 0.1) is 0 Å². The molecule has 1 N–H and O–H groups in total. The van der Waals surface area contributed by atoms with Crippen LogP contribution in [0.25, 0.3) is 0 Å². The number of aliphatic hydroxyl groups excluding tert-OH is 1. The number of hydrogen-bond acceptors (Lipinski definition) is 7. The van der Waals surface area contributed by atoms with Crippen molar-refractivity contribution in [1.82, 2.24) is 4.31 Å². The summed E-state index contributed by atoms with van der Waals surface area (Å²) < 4.78 is 55.1. The van der Waals surface area contributed by atoms with E-state index in [1.807, 2.05) is 35.2 Å². The molecule has 2 atom stereocenters. The number of hydrogen-bond donors (Lipinski definition) is 1. The highest BCUT2D eigenvalue weighted by atomic mass is 32.2. The molecule has 0 bridgehead atoms. The molecular formula is C24H29N3O5S3. The van der Waals surface area contributed by atoms with Crippen molar-refractivity contribution in [3.8, 4) is 0 Å². The standard InChI is InChI=1S/C24H29N3O5S3/c1-19(28)20-10-12-21(13-11-20)26-15-14-25(35(31,32)24-9-6-16-33-24)17-23(26)18-27(34(2,29)30)22-7-4-3-5-8-22/h3-13,16,19,23,28H,14-15,17-18H2,1-2H3. The van der Waals surface area contributed by atoms with E-state index in [0.717, 1.165) is 17.5 Å². The van der Waals surface area contributed by atoms with Crippen LogP contribution in [0.4, 0.5) is 11.4 Å². The van der Waals surface area contributed by atoms with E-state index in [0.29, 0.717) is 12.2 Å². The molecule has 1 fully saturated rings. The molecule has 35 heavy (non-hydrogen) atoms. The van der Waals surface area contributed by atoms with Crippen LogP contribution in [0.15, 0.2) is 76.3 Å². The quantitative estimate of drug-likeness (QED) is 0.476. The number of rotatable bonds is 8. The molecule has 1 aliphatic rings. The van der Waals surface area contributed by atoms with Crippen molar-refractivity contribution in [2.24, 2.45) is 0 Å². The van der Waals surface area contributed by atoms with Gasteiger partial charge in [-0.2, -0.15) is 4.31 Å². The molecule has 2 unspecified atom stereocenters. The van der Waals surface area contributed by atoms with Crippen LogP contribution < -0.4 is 9.21 Å². The number of para-hydroxylation sites is 1. The lowest BCUT2D eigenvalue weighted by Crippen LogP contribution is -2.59. The van der Waals surface area contributed by atoms with E-state index in [1.165, 1.54) is 19.9 Å². The number of thiophene rings is 1. The van der Waals surface area contributed by atoms with E-state index in [1.54, 1.807) is 48.7 Å². The van der Waals surface area contributed by atoms with Crippen LogP contribution in [-0.4, -0.2) is 64.7 Å². The van der Waals surface area contributed by atoms with Gasteiger partial charge in [0.2, 0.25) is 10.0 Å². The Labute approximate surface area is 211 Å². The summed E-state index contributed by atoms with van der Waals surface area (Å²) in [5.74, 6) is 0. The lowest BCUT2D eigenvalue weighted by Gasteiger charge is -2.43. The van der Waals surface area contributed by atoms with Gasteiger partial charge in [0, 0.05) is 25.3 Å². The van der Waals surface area contributed by atoms with Gasteiger partial charge in [-0.1, -0.05) is 36.4 Å². The predicted molar refractivity (Wildman–Crippen MR) is 140 cm³/mol. The molecule has 11 heteroatoms. The molecule has 0 spiro atoms. The highest BCUT2D eigenvalue weighted by Crippen LogP contribution is 2.29. The van der Waals surface area contributed by atoms with Crippen LogP contribution in [0.5, 0.6) is 0 Å². The zero-order chi connectivity index (χ0) is 25.2. The summed E-state index contributed by atoms with van der Waals surface area (Å²) in [5.41, 5.74) is 2.14. The number of benzene rings is 2. The van der Waals surface area contributed by atoms with Crippen molar-refractivity contribution in [1.29, 1.82) is 0 Å². The third-order valence-electron chi connectivity index (χ3n) is 6.06. The summed E-state index contributed by atoms with van der Waals surface area (Å²) in [4.78, 5) is 2.05. The van der Waals surface area contributed by atoms with Crippen LogP contribution in [0.2, 0.25) is 0 Å². The minimum absolute atomic E-state index is 0.0808. The third kappa shape index (κ3) is 5.70. The minimum Gasteiger partial charge on any atom is -0.389 e. The minimum atomic E-state index is -3.69. The number of piperazine rings is 1. The summed E-state index contributed by atoms with van der Waals surface area (Å²) in [6, 6.07) is 19.1. The molecule has 8 nitrogen and oxygen atoms in total. The largest absolute Gasteiger partial charge is 0.389 e. The van der Waals surface area contributed by atoms with Gasteiger partial charge in [-0.05, 0) is 48.2 Å². The van der Waals surface area contributed by atoms with E-state index in [-0.39, 0.29) is 23.8 Å². The summed E-state index contributed by atoms with van der Waals surface area (Å²) in [5, 5.41) is 11.6. The van der Waals surface area contributed by atoms with Gasteiger partial charge in [0.25, 0.3) is 10.0 Å². The van der Waals surface area contributed by atoms with Gasteiger partial charge in [0.05, 0.1) is 30.6 Å². The van der Waals surface area contributed by atoms with Crippen LogP contribution in [-0.2, 0) is 20.0 Å². The molecule has 1 aromatic heterocycles. The van der Waals surface area contributed by atoms with Gasteiger partial charge >= 0.3 is 0 Å². The Morgan fingerprint density at radius 2 is 1.69 bits per heavy atom. The molecule has 0 amide bonds. The zero-order valence-corrected chi connectivity index (χ0v) is 22.0. The smallest absolute Gasteiger partial charge is 0.252 e. The normalized spacial score (nSPS) is 18.4. The fraction of sp³-hybridized carbons (Fsp3) is 0.333. The van der Waals surface area contributed by atoms with Crippen LogP contribution in [0.1, 0.15) is 18.6 Å². The molecule has 0 saturated carbocycles. The highest BCUT2D eigenvalue weighted by Gasteiger charge is 2.37. The maximum absolute atomic E-state index is 13.3. The first-order valence-corrected chi connectivity index (χ1v) is 15.4. The molecule has 3 aromatic rings. The van der Waals surface area contributed by atoms with Gasteiger partial charge in [-0.15, -0.1) is 11.3 Å². The molecule has 2 aromatic carbocycles. The van der Waals surface area contributed by atoms with E-state index in [9.17, 15) is 21.9 Å². The van der Waals surface area contributed by atoms with E-state index >= 15 is 0 Å². The van der Waals surface area contributed by atoms with Crippen molar-refractivity contribution < 1.29 is 21.9 Å². The Balaban J connectivity index is 1.70. The first-order chi connectivity index (χ1) is 16.6. The number of sulfonamides is 2. The molecular weight excluding hydrogens is 506 g/mol. The van der Waals surface area contributed by atoms with Crippen molar-refractivity contribution in [3.63, 3.8) is 0 Å². The first-order valence-electron chi connectivity index (χ1n) is 11.2. The summed E-state index contributed by atoms with van der Waals surface area (Å²) in [6.07, 6.45) is 0.552. The second-order valence-electron chi connectivity index (χ2n) is 8.54. The molecule has 2 heterocycles. The van der Waals surface area contributed by atoms with Gasteiger partial charge in [-0.3, -0.25) is 4.31 Å². The second kappa shape index (κ2) is 10.3. The molecule has 4 rings (SSSR count). The lowest BCUT2D eigenvalue weighted by atomic mass is 10.1. The first kappa shape index (κ1) is 25.6. The van der Waals surface area contributed by atoms with E-state index in [2.05, 4.69) is 0 Å². The van der Waals surface area contributed by atoms with Gasteiger partial charge in [0.1, 0.15) is 4.21 Å². The molecule has 0 aliphatic carbocycles. The highest BCUT2D eigenvalue weighted by molar-refractivity contribution is 7.92. The lowest BCUT2D eigenvalue weighted by molar-refractivity contribution is 0.199. The van der Waals surface area contributed by atoms with Gasteiger partial charge in [0.15, 0.2) is 0 Å². The van der Waals surface area contributed by atoms with Crippen molar-refractivity contribution >= 4 is 42.8 Å². The summed E-state index contributed by atoms with van der Waals surface area (Å²) in [7, 11) is -7.32. The fourth-order valence-electron chi connectivity index (χ4n) is 4.24. The molecule has 188 valence electrons. The van der Waals surface area contributed by atoms with Crippen molar-refractivity contribution in [2.75, 3.05) is 41.6 Å². The van der Waals surface area contributed by atoms with Crippen LogP contribution >= 0.6 is 11.3 Å². The summed E-state index contributed by atoms with van der Waals surface area (Å²) >= 11 is 1.17. The Bertz CT molecular complexity index is 1330. The average molecular weight is 536 g/mol. The van der Waals surface area contributed by atoms with Crippen LogP contribution in [0.3, 0.4) is 0 Å². The third-order valence-corrected chi connectivity index (χ3v) is 10.5. The van der Waals surface area contributed by atoms with Gasteiger partial charge < -0.3 is 10.0 Å². The van der Waals surface area contributed by atoms with E-state index < -0.39 is 32.2 Å². The van der Waals surface area contributed by atoms with Crippen molar-refractivity contribution in [2.45, 2.75) is 23.3 Å². The molecule has 1 aliphatic heterocycles. The topological polar surface area (TPSA) is 98.2 Å². The maximum Gasteiger partial charge on any atom is 0.252 e. The van der Waals surface area contributed by atoms with E-state index in [4.69, 9.17) is 0 Å². The Morgan fingerprint density at radius 1 is 1.00 bits per heavy atom. The predicted octanol–water partition coefficient (Wildman–Crippen LogP) is 3.15. The average Bonchev–Trinajstić information content (AvgIpc) is 3.38. The number of aliphatic hydroxyl groups is 1.